The zero-order valence-corrected chi connectivity index (χ0v) is 13.8. The summed E-state index contributed by atoms with van der Waals surface area (Å²) in [5, 5.41) is 32.1. The first kappa shape index (κ1) is 18.8. The molecule has 1 aromatic heterocycles. The summed E-state index contributed by atoms with van der Waals surface area (Å²) >= 11 is 1.17. The molecule has 0 saturated heterocycles. The van der Waals surface area contributed by atoms with Gasteiger partial charge in [-0.3, -0.25) is 0 Å². The van der Waals surface area contributed by atoms with Crippen LogP contribution in [0.25, 0.3) is 0 Å². The maximum Gasteiger partial charge on any atom is 0.137 e. The predicted molar refractivity (Wildman–Crippen MR) is 85.5 cm³/mol. The van der Waals surface area contributed by atoms with E-state index in [2.05, 4.69) is 10.1 Å². The van der Waals surface area contributed by atoms with Crippen LogP contribution in [-0.2, 0) is 0 Å². The van der Waals surface area contributed by atoms with Crippen LogP contribution in [0.2, 0.25) is 0 Å². The van der Waals surface area contributed by atoms with Gasteiger partial charge in [0, 0.05) is 16.9 Å². The lowest BCUT2D eigenvalue weighted by Crippen LogP contribution is -2.35. The van der Waals surface area contributed by atoms with Gasteiger partial charge in [0.15, 0.2) is 0 Å². The molecule has 24 heavy (non-hydrogen) atoms. The molecule has 0 saturated carbocycles. The molecule has 6 nitrogen and oxygen atoms in total. The van der Waals surface area contributed by atoms with Crippen molar-refractivity contribution in [2.75, 3.05) is 13.2 Å². The summed E-state index contributed by atoms with van der Waals surface area (Å²) in [5.41, 5.74) is 0.0754. The van der Waals surface area contributed by atoms with Crippen LogP contribution >= 0.6 is 11.8 Å². The Morgan fingerprint density at radius 1 is 1.25 bits per heavy atom. The molecule has 0 aliphatic heterocycles. The lowest BCUT2D eigenvalue weighted by atomic mass is 9.99. The quantitative estimate of drug-likeness (QED) is 0.651. The third-order valence-corrected chi connectivity index (χ3v) is 5.01. The van der Waals surface area contributed by atoms with Crippen molar-refractivity contribution in [3.8, 4) is 0 Å². The first-order valence-corrected chi connectivity index (χ1v) is 8.26. The maximum absolute atomic E-state index is 14.2. The molecule has 3 atom stereocenters. The van der Waals surface area contributed by atoms with Gasteiger partial charge in [-0.15, -0.1) is 11.8 Å². The summed E-state index contributed by atoms with van der Waals surface area (Å²) in [6, 6.07) is 2.19. The number of halogens is 2. The number of nitrogens with zero attached hydrogens (tertiary/aromatic N) is 3. The zero-order chi connectivity index (χ0) is 17.7. The van der Waals surface area contributed by atoms with E-state index in [0.29, 0.717) is 0 Å². The molecule has 3 unspecified atom stereocenters. The molecular weight excluding hydrogens is 340 g/mol. The number of aromatic nitrogens is 3. The van der Waals surface area contributed by atoms with Crippen LogP contribution < -0.4 is 0 Å². The van der Waals surface area contributed by atoms with Crippen LogP contribution in [0.5, 0.6) is 0 Å². The number of hydrogen-bond acceptors (Lipinski definition) is 6. The smallest absolute Gasteiger partial charge is 0.137 e. The Balaban J connectivity index is 2.33. The van der Waals surface area contributed by atoms with Gasteiger partial charge in [0.05, 0.1) is 24.6 Å². The fourth-order valence-corrected chi connectivity index (χ4v) is 3.46. The van der Waals surface area contributed by atoms with Crippen molar-refractivity contribution in [1.82, 2.24) is 14.8 Å². The second-order valence-electron chi connectivity index (χ2n) is 5.31. The molecule has 3 N–H and O–H groups in total. The van der Waals surface area contributed by atoms with Crippen LogP contribution in [0.3, 0.4) is 0 Å². The van der Waals surface area contributed by atoms with Gasteiger partial charge < -0.3 is 15.3 Å². The molecule has 0 fully saturated rings. The molecule has 1 heterocycles. The molecule has 1 aromatic carbocycles. The number of rotatable bonds is 8. The average Bonchev–Trinajstić information content (AvgIpc) is 3.08. The highest BCUT2D eigenvalue weighted by molar-refractivity contribution is 8.00. The summed E-state index contributed by atoms with van der Waals surface area (Å²) in [5.74, 6) is -1.52. The number of aliphatic hydroxyl groups is 3. The minimum Gasteiger partial charge on any atom is -0.395 e. The second kappa shape index (κ2) is 8.52. The van der Waals surface area contributed by atoms with Crippen molar-refractivity contribution in [2.24, 2.45) is 0 Å². The topological polar surface area (TPSA) is 91.4 Å². The van der Waals surface area contributed by atoms with Crippen molar-refractivity contribution >= 4 is 11.8 Å². The second-order valence-corrected chi connectivity index (χ2v) is 6.99. The van der Waals surface area contributed by atoms with E-state index in [9.17, 15) is 24.1 Å². The number of hydrogen-bond donors (Lipinski definition) is 3. The van der Waals surface area contributed by atoms with Crippen molar-refractivity contribution < 1.29 is 24.1 Å². The van der Waals surface area contributed by atoms with E-state index in [-0.39, 0.29) is 18.8 Å². The molecule has 2 rings (SSSR count). The highest BCUT2D eigenvalue weighted by Gasteiger charge is 2.32. The van der Waals surface area contributed by atoms with Gasteiger partial charge in [-0.25, -0.2) is 18.4 Å². The third kappa shape index (κ3) is 4.29. The minimum atomic E-state index is -1.11. The van der Waals surface area contributed by atoms with Gasteiger partial charge in [-0.05, 0) is 6.07 Å². The highest BCUT2D eigenvalue weighted by atomic mass is 32.2. The normalized spacial score (nSPS) is 15.5. The van der Waals surface area contributed by atoms with Crippen molar-refractivity contribution in [3.05, 3.63) is 48.1 Å². The molecule has 0 amide bonds. The lowest BCUT2D eigenvalue weighted by Gasteiger charge is -2.29. The maximum atomic E-state index is 14.2. The molecular formula is C15H19F2N3O3S. The molecule has 0 radical (unpaired) electrons. The van der Waals surface area contributed by atoms with Crippen LogP contribution in [0.1, 0.15) is 18.5 Å². The van der Waals surface area contributed by atoms with Gasteiger partial charge >= 0.3 is 0 Å². The number of benzene rings is 1. The zero-order valence-electron chi connectivity index (χ0n) is 13.0. The Hall–Kier alpha value is -1.55. The Morgan fingerprint density at radius 2 is 1.96 bits per heavy atom. The summed E-state index contributed by atoms with van der Waals surface area (Å²) in [4.78, 5) is 3.81. The van der Waals surface area contributed by atoms with Crippen LogP contribution in [0.4, 0.5) is 8.78 Å². The van der Waals surface area contributed by atoms with E-state index in [1.165, 1.54) is 35.2 Å². The third-order valence-electron chi connectivity index (χ3n) is 3.62. The van der Waals surface area contributed by atoms with Gasteiger partial charge in [-0.2, -0.15) is 5.10 Å². The van der Waals surface area contributed by atoms with E-state index in [1.54, 1.807) is 6.92 Å². The van der Waals surface area contributed by atoms with Gasteiger partial charge in [-0.1, -0.05) is 13.0 Å². The predicted octanol–water partition coefficient (Wildman–Crippen LogP) is 0.981. The van der Waals surface area contributed by atoms with Crippen LogP contribution in [0.15, 0.2) is 30.9 Å². The molecule has 0 aliphatic rings. The summed E-state index contributed by atoms with van der Waals surface area (Å²) in [7, 11) is 0. The Morgan fingerprint density at radius 3 is 2.50 bits per heavy atom. The summed E-state index contributed by atoms with van der Waals surface area (Å²) < 4.78 is 28.7. The summed E-state index contributed by atoms with van der Waals surface area (Å²) in [6.45, 7) is 1.19. The number of aliphatic hydroxyl groups excluding tert-OH is 3. The molecule has 132 valence electrons. The number of thioether (sulfide) groups is 1. The van der Waals surface area contributed by atoms with E-state index >= 15 is 0 Å². The fraction of sp³-hybridized carbons (Fsp3) is 0.467. The van der Waals surface area contributed by atoms with Gasteiger partial charge in [0.2, 0.25) is 0 Å². The first-order valence-electron chi connectivity index (χ1n) is 7.32. The Labute approximate surface area is 142 Å². The largest absolute Gasteiger partial charge is 0.395 e. The van der Waals surface area contributed by atoms with E-state index < -0.39 is 34.3 Å². The molecule has 0 spiro atoms. The van der Waals surface area contributed by atoms with Crippen LogP contribution in [-0.4, -0.2) is 59.9 Å². The van der Waals surface area contributed by atoms with Gasteiger partial charge in [0.1, 0.15) is 30.3 Å². The van der Waals surface area contributed by atoms with Gasteiger partial charge in [0.25, 0.3) is 0 Å². The molecule has 0 aliphatic carbocycles. The average molecular weight is 359 g/mol. The molecule has 9 heteroatoms. The van der Waals surface area contributed by atoms with Crippen molar-refractivity contribution in [3.63, 3.8) is 0 Å². The summed E-state index contributed by atoms with van der Waals surface area (Å²) in [6.07, 6.45) is 1.48. The molecule has 0 bridgehead atoms. The lowest BCUT2D eigenvalue weighted by molar-refractivity contribution is 0.123. The van der Waals surface area contributed by atoms with Crippen LogP contribution in [0, 0.1) is 11.6 Å². The highest BCUT2D eigenvalue weighted by Crippen LogP contribution is 2.31. The van der Waals surface area contributed by atoms with E-state index in [1.807, 2.05) is 0 Å². The van der Waals surface area contributed by atoms with Crippen molar-refractivity contribution in [2.45, 2.75) is 29.6 Å². The molecule has 2 aromatic rings. The fourth-order valence-electron chi connectivity index (χ4n) is 2.37. The van der Waals surface area contributed by atoms with Crippen molar-refractivity contribution in [1.29, 1.82) is 0 Å². The van der Waals surface area contributed by atoms with E-state index in [0.717, 1.165) is 12.1 Å². The standard InChI is InChI=1S/C15H19F2N3O3S/c1-9(24-11(5-21)6-22)15(23)14(20-8-18-7-19-20)12-3-2-10(16)4-13(12)17/h2-4,7-9,11,14-15,21-23H,5-6H2,1H3. The Bertz CT molecular complexity index is 641. The van der Waals surface area contributed by atoms with E-state index in [4.69, 9.17) is 0 Å². The minimum absolute atomic E-state index is 0.0754. The first-order chi connectivity index (χ1) is 11.5. The monoisotopic (exact) mass is 359 g/mol. The Kier molecular flexibility index (Phi) is 6.67. The SMILES string of the molecule is CC(SC(CO)CO)C(O)C(c1ccc(F)cc1F)n1cncn1.